The van der Waals surface area contributed by atoms with Gasteiger partial charge in [-0.05, 0) is 0 Å². The highest BCUT2D eigenvalue weighted by Gasteiger charge is 2.29. The number of aliphatic hydroxyl groups excluding tert-OH is 2. The van der Waals surface area contributed by atoms with Crippen LogP contribution in [0, 0.1) is 0 Å². The Morgan fingerprint density at radius 2 is 1.88 bits per heavy atom. The Morgan fingerprint density at radius 3 is 1.88 bits per heavy atom. The Labute approximate surface area is 56.5 Å². The highest BCUT2D eigenvalue weighted by molar-refractivity contribution is 6.47. The van der Waals surface area contributed by atoms with Crippen LogP contribution in [0.3, 0.4) is 0 Å². The molecule has 1 unspecified atom stereocenters. The van der Waals surface area contributed by atoms with Crippen LogP contribution in [-0.2, 0) is 0 Å². The molecule has 0 fully saturated rings. The van der Waals surface area contributed by atoms with Gasteiger partial charge in [-0.2, -0.15) is 0 Å². The first-order valence-electron chi connectivity index (χ1n) is 1.87. The minimum Gasteiger partial charge on any atom is -0.393 e. The Bertz CT molecular complexity index is 69.4. The smallest absolute Gasteiger partial charge is 0.243 e. The van der Waals surface area contributed by atoms with Crippen molar-refractivity contribution in [1.82, 2.24) is 0 Å². The van der Waals surface area contributed by atoms with Crippen molar-refractivity contribution in [3.8, 4) is 0 Å². The van der Waals surface area contributed by atoms with Crippen molar-refractivity contribution < 1.29 is 15.3 Å². The van der Waals surface area contributed by atoms with Crippen LogP contribution in [0.15, 0.2) is 0 Å². The highest BCUT2D eigenvalue weighted by Crippen LogP contribution is 2.20. The molecule has 1 atom stereocenters. The van der Waals surface area contributed by atoms with Gasteiger partial charge in [-0.15, -0.1) is 0 Å². The first-order chi connectivity index (χ1) is 3.48. The zero-order valence-corrected chi connectivity index (χ0v) is 5.39. The van der Waals surface area contributed by atoms with Gasteiger partial charge in [-0.3, -0.25) is 0 Å². The van der Waals surface area contributed by atoms with Crippen molar-refractivity contribution in [2.24, 2.45) is 0 Å². The lowest BCUT2D eigenvalue weighted by molar-refractivity contribution is 0.00374. The SMILES string of the molecule is OCC(O)C(O)(Cl)Cl. The van der Waals surface area contributed by atoms with Gasteiger partial charge in [0, 0.05) is 0 Å². The number of alkyl halides is 2. The summed E-state index contributed by atoms with van der Waals surface area (Å²) in [4.78, 5) is 0. The van der Waals surface area contributed by atoms with Crippen molar-refractivity contribution >= 4 is 23.2 Å². The van der Waals surface area contributed by atoms with E-state index in [1.54, 1.807) is 0 Å². The van der Waals surface area contributed by atoms with Gasteiger partial charge in [0.05, 0.1) is 6.61 Å². The topological polar surface area (TPSA) is 60.7 Å². The fraction of sp³-hybridized carbons (Fsp3) is 1.00. The van der Waals surface area contributed by atoms with Crippen LogP contribution in [0.1, 0.15) is 0 Å². The number of hydrogen-bond acceptors (Lipinski definition) is 3. The molecule has 0 rings (SSSR count). The average Bonchev–Trinajstić information content (AvgIpc) is 1.62. The molecule has 50 valence electrons. The molecule has 0 aromatic rings. The Balaban J connectivity index is 3.62. The predicted octanol–water partition coefficient (Wildman–Crippen LogP) is -0.537. The Hall–Kier alpha value is 0.460. The average molecular weight is 161 g/mol. The number of aliphatic hydroxyl groups is 3. The fourth-order valence-electron chi connectivity index (χ4n) is 0.110. The fourth-order valence-corrected chi connectivity index (χ4v) is 0.248. The molecule has 0 radical (unpaired) electrons. The largest absolute Gasteiger partial charge is 0.393 e. The van der Waals surface area contributed by atoms with E-state index < -0.39 is 17.2 Å². The van der Waals surface area contributed by atoms with E-state index >= 15 is 0 Å². The third-order valence-corrected chi connectivity index (χ3v) is 1.08. The second-order valence-electron chi connectivity index (χ2n) is 1.29. The number of halogens is 2. The normalized spacial score (nSPS) is 16.1. The molecular weight excluding hydrogens is 155 g/mol. The minimum atomic E-state index is -2.24. The van der Waals surface area contributed by atoms with Crippen LogP contribution in [0.2, 0.25) is 0 Å². The quantitative estimate of drug-likeness (QED) is 0.476. The monoisotopic (exact) mass is 160 g/mol. The molecule has 0 aliphatic rings. The molecule has 0 bridgehead atoms. The summed E-state index contributed by atoms with van der Waals surface area (Å²) in [5.74, 6) is 0. The van der Waals surface area contributed by atoms with E-state index in [4.69, 9.17) is 38.5 Å². The molecule has 8 heavy (non-hydrogen) atoms. The van der Waals surface area contributed by atoms with E-state index in [1.165, 1.54) is 0 Å². The first-order valence-corrected chi connectivity index (χ1v) is 2.63. The summed E-state index contributed by atoms with van der Waals surface area (Å²) in [6.45, 7) is -0.663. The van der Waals surface area contributed by atoms with Crippen LogP contribution >= 0.6 is 23.2 Å². The second kappa shape index (κ2) is 2.85. The van der Waals surface area contributed by atoms with E-state index in [1.807, 2.05) is 0 Å². The van der Waals surface area contributed by atoms with Crippen molar-refractivity contribution in [2.75, 3.05) is 6.61 Å². The summed E-state index contributed by atoms with van der Waals surface area (Å²) in [5.41, 5.74) is 0. The molecule has 0 saturated heterocycles. The molecule has 5 heteroatoms. The van der Waals surface area contributed by atoms with Gasteiger partial charge < -0.3 is 15.3 Å². The third kappa shape index (κ3) is 2.69. The van der Waals surface area contributed by atoms with Gasteiger partial charge >= 0.3 is 0 Å². The molecule has 0 aliphatic heterocycles. The minimum absolute atomic E-state index is 0.663. The zero-order valence-electron chi connectivity index (χ0n) is 3.88. The molecule has 0 aromatic carbocycles. The van der Waals surface area contributed by atoms with Crippen LogP contribution in [0.25, 0.3) is 0 Å². The van der Waals surface area contributed by atoms with Crippen LogP contribution in [0.4, 0.5) is 0 Å². The summed E-state index contributed by atoms with van der Waals surface area (Å²) in [6.07, 6.45) is -1.51. The lowest BCUT2D eigenvalue weighted by Gasteiger charge is -2.16. The zero-order chi connectivity index (χ0) is 6.78. The van der Waals surface area contributed by atoms with Crippen molar-refractivity contribution in [3.63, 3.8) is 0 Å². The van der Waals surface area contributed by atoms with Crippen LogP contribution < -0.4 is 0 Å². The summed E-state index contributed by atoms with van der Waals surface area (Å²) < 4.78 is -2.24. The Kier molecular flexibility index (Phi) is 3.01. The van der Waals surface area contributed by atoms with Gasteiger partial charge in [0.2, 0.25) is 4.52 Å². The first kappa shape index (κ1) is 8.46. The van der Waals surface area contributed by atoms with Gasteiger partial charge in [-0.25, -0.2) is 0 Å². The molecule has 0 aliphatic carbocycles. The van der Waals surface area contributed by atoms with E-state index in [0.717, 1.165) is 0 Å². The predicted molar refractivity (Wildman–Crippen MR) is 29.7 cm³/mol. The summed E-state index contributed by atoms with van der Waals surface area (Å²) >= 11 is 9.79. The molecule has 0 heterocycles. The van der Waals surface area contributed by atoms with Crippen LogP contribution in [-0.4, -0.2) is 32.5 Å². The van der Waals surface area contributed by atoms with E-state index in [2.05, 4.69) is 0 Å². The summed E-state index contributed by atoms with van der Waals surface area (Å²) in [5, 5.41) is 24.9. The standard InChI is InChI=1S/C3H6Cl2O3/c4-3(5,8)2(7)1-6/h2,6-8H,1H2. The molecule has 0 amide bonds. The Morgan fingerprint density at radius 1 is 1.50 bits per heavy atom. The lowest BCUT2D eigenvalue weighted by atomic mass is 10.4. The molecule has 0 aromatic heterocycles. The molecular formula is C3H6Cl2O3. The van der Waals surface area contributed by atoms with E-state index in [9.17, 15) is 0 Å². The van der Waals surface area contributed by atoms with Gasteiger partial charge in [0.15, 0.2) is 0 Å². The lowest BCUT2D eigenvalue weighted by Crippen LogP contribution is -2.33. The maximum atomic E-state index is 8.43. The van der Waals surface area contributed by atoms with Crippen LogP contribution in [0.5, 0.6) is 0 Å². The van der Waals surface area contributed by atoms with E-state index in [-0.39, 0.29) is 0 Å². The molecule has 0 saturated carbocycles. The highest BCUT2D eigenvalue weighted by atomic mass is 35.5. The van der Waals surface area contributed by atoms with Gasteiger partial charge in [0.25, 0.3) is 0 Å². The number of rotatable bonds is 2. The summed E-state index contributed by atoms with van der Waals surface area (Å²) in [6, 6.07) is 0. The maximum absolute atomic E-state index is 8.43. The van der Waals surface area contributed by atoms with Gasteiger partial charge in [-0.1, -0.05) is 23.2 Å². The molecule has 0 spiro atoms. The van der Waals surface area contributed by atoms with Crippen molar-refractivity contribution in [2.45, 2.75) is 10.6 Å². The molecule has 3 nitrogen and oxygen atoms in total. The van der Waals surface area contributed by atoms with Crippen molar-refractivity contribution in [1.29, 1.82) is 0 Å². The van der Waals surface area contributed by atoms with Gasteiger partial charge in [0.1, 0.15) is 6.10 Å². The molecule has 3 N–H and O–H groups in total. The van der Waals surface area contributed by atoms with Crippen molar-refractivity contribution in [3.05, 3.63) is 0 Å². The van der Waals surface area contributed by atoms with E-state index in [0.29, 0.717) is 0 Å². The maximum Gasteiger partial charge on any atom is 0.243 e. The third-order valence-electron chi connectivity index (χ3n) is 0.574. The second-order valence-corrected chi connectivity index (χ2v) is 2.63. The summed E-state index contributed by atoms with van der Waals surface area (Å²) in [7, 11) is 0. The number of hydrogen-bond donors (Lipinski definition) is 3.